The van der Waals surface area contributed by atoms with Gasteiger partial charge in [-0.05, 0) is 24.6 Å². The maximum absolute atomic E-state index is 5.39. The molecule has 1 aromatic carbocycles. The highest BCUT2D eigenvalue weighted by molar-refractivity contribution is 5.60. The summed E-state index contributed by atoms with van der Waals surface area (Å²) in [5.41, 5.74) is 1.72. The second kappa shape index (κ2) is 5.85. The Labute approximate surface area is 142 Å². The number of hydrogen-bond acceptors (Lipinski definition) is 8. The van der Waals surface area contributed by atoms with E-state index in [1.54, 1.807) is 4.68 Å². The predicted molar refractivity (Wildman–Crippen MR) is 83.2 cm³/mol. The van der Waals surface area contributed by atoms with Gasteiger partial charge in [0, 0.05) is 24.3 Å². The van der Waals surface area contributed by atoms with Gasteiger partial charge in [-0.25, -0.2) is 4.68 Å². The van der Waals surface area contributed by atoms with Gasteiger partial charge in [-0.15, -0.1) is 5.10 Å². The summed E-state index contributed by atoms with van der Waals surface area (Å²) >= 11 is 0. The predicted octanol–water partition coefficient (Wildman–Crippen LogP) is 1.61. The number of hydrogen-bond donors (Lipinski definition) is 0. The largest absolute Gasteiger partial charge is 0.454 e. The van der Waals surface area contributed by atoms with Crippen molar-refractivity contribution in [2.24, 2.45) is 0 Å². The van der Waals surface area contributed by atoms with E-state index in [2.05, 4.69) is 20.5 Å². The lowest BCUT2D eigenvalue weighted by Gasteiger charge is -1.99. The van der Waals surface area contributed by atoms with Gasteiger partial charge in [0.25, 0.3) is 5.89 Å². The van der Waals surface area contributed by atoms with Crippen molar-refractivity contribution in [1.82, 2.24) is 25.1 Å². The third-order valence-electron chi connectivity index (χ3n) is 4.30. The molecule has 9 heteroatoms. The van der Waals surface area contributed by atoms with Crippen molar-refractivity contribution in [3.63, 3.8) is 0 Å². The minimum atomic E-state index is 0.231. The molecule has 1 fully saturated rings. The van der Waals surface area contributed by atoms with Crippen LogP contribution in [0.3, 0.4) is 0 Å². The fourth-order valence-electron chi connectivity index (χ4n) is 2.96. The number of aromatic nitrogens is 5. The summed E-state index contributed by atoms with van der Waals surface area (Å²) in [6.45, 7) is 2.11. The Morgan fingerprint density at radius 2 is 2.16 bits per heavy atom. The van der Waals surface area contributed by atoms with E-state index < -0.39 is 0 Å². The van der Waals surface area contributed by atoms with Crippen LogP contribution >= 0.6 is 0 Å². The van der Waals surface area contributed by atoms with Crippen LogP contribution < -0.4 is 9.47 Å². The molecule has 5 rings (SSSR count). The zero-order valence-electron chi connectivity index (χ0n) is 13.3. The number of benzene rings is 1. The van der Waals surface area contributed by atoms with Crippen molar-refractivity contribution in [3.8, 4) is 23.0 Å². The molecule has 0 bridgehead atoms. The lowest BCUT2D eigenvalue weighted by molar-refractivity contribution is 0.174. The van der Waals surface area contributed by atoms with Gasteiger partial charge < -0.3 is 18.7 Å². The fourth-order valence-corrected chi connectivity index (χ4v) is 2.96. The van der Waals surface area contributed by atoms with E-state index >= 15 is 0 Å². The molecule has 0 aliphatic carbocycles. The van der Waals surface area contributed by atoms with Crippen LogP contribution in [0.15, 0.2) is 28.9 Å². The van der Waals surface area contributed by atoms with Crippen LogP contribution in [-0.2, 0) is 11.3 Å². The number of nitrogens with zero attached hydrogens (tertiary/aromatic N) is 5. The second-order valence-corrected chi connectivity index (χ2v) is 5.99. The Hall–Kier alpha value is -2.94. The summed E-state index contributed by atoms with van der Waals surface area (Å²) in [5.74, 6) is 2.68. The molecule has 0 unspecified atom stereocenters. The van der Waals surface area contributed by atoms with E-state index in [9.17, 15) is 0 Å². The van der Waals surface area contributed by atoms with Crippen LogP contribution in [0.4, 0.5) is 0 Å². The Bertz CT molecular complexity index is 900. The lowest BCUT2D eigenvalue weighted by atomic mass is 10.1. The normalized spacial score (nSPS) is 18.8. The van der Waals surface area contributed by atoms with Crippen molar-refractivity contribution in [2.45, 2.75) is 18.9 Å². The molecule has 1 saturated heterocycles. The second-order valence-electron chi connectivity index (χ2n) is 5.99. The van der Waals surface area contributed by atoms with Gasteiger partial charge in [-0.3, -0.25) is 0 Å². The average molecular weight is 341 g/mol. The number of rotatable bonds is 4. The molecular weight excluding hydrogens is 326 g/mol. The monoisotopic (exact) mass is 341 g/mol. The van der Waals surface area contributed by atoms with Crippen LogP contribution in [0.1, 0.15) is 23.9 Å². The standard InChI is InChI=1S/C16H15N5O4/c1-2-13-14(24-9-23-13)5-10(1)16-17-15(19-25-16)7-21-6-12(18-20-21)11-3-4-22-8-11/h1-2,5-6,11H,3-4,7-9H2/t11-/m0/s1. The lowest BCUT2D eigenvalue weighted by Crippen LogP contribution is -2.02. The summed E-state index contributed by atoms with van der Waals surface area (Å²) in [6, 6.07) is 5.51. The van der Waals surface area contributed by atoms with Crippen molar-refractivity contribution in [2.75, 3.05) is 20.0 Å². The Balaban J connectivity index is 1.33. The summed E-state index contributed by atoms with van der Waals surface area (Å²) in [4.78, 5) is 4.42. The van der Waals surface area contributed by atoms with Crippen LogP contribution in [0.5, 0.6) is 11.5 Å². The Kier molecular flexibility index (Phi) is 3.37. The van der Waals surface area contributed by atoms with Crippen molar-refractivity contribution < 1.29 is 18.7 Å². The first-order valence-corrected chi connectivity index (χ1v) is 8.05. The summed E-state index contributed by atoms with van der Waals surface area (Å²) in [5, 5.41) is 12.4. The minimum Gasteiger partial charge on any atom is -0.454 e. The first kappa shape index (κ1) is 14.4. The highest BCUT2D eigenvalue weighted by Crippen LogP contribution is 2.35. The van der Waals surface area contributed by atoms with Crippen molar-refractivity contribution >= 4 is 0 Å². The van der Waals surface area contributed by atoms with Gasteiger partial charge in [0.05, 0.1) is 12.3 Å². The van der Waals surface area contributed by atoms with Crippen molar-refractivity contribution in [1.29, 1.82) is 0 Å². The van der Waals surface area contributed by atoms with E-state index in [1.807, 2.05) is 24.4 Å². The van der Waals surface area contributed by atoms with E-state index in [1.165, 1.54) is 0 Å². The zero-order chi connectivity index (χ0) is 16.6. The molecule has 0 amide bonds. The van der Waals surface area contributed by atoms with Gasteiger partial charge in [0.1, 0.15) is 6.54 Å². The molecule has 0 N–H and O–H groups in total. The van der Waals surface area contributed by atoms with E-state index in [0.29, 0.717) is 36.5 Å². The smallest absolute Gasteiger partial charge is 0.258 e. The van der Waals surface area contributed by atoms with Crippen LogP contribution in [-0.4, -0.2) is 45.1 Å². The van der Waals surface area contributed by atoms with Crippen LogP contribution in [0, 0.1) is 0 Å². The Morgan fingerprint density at radius 1 is 1.20 bits per heavy atom. The molecule has 0 saturated carbocycles. The third-order valence-corrected chi connectivity index (χ3v) is 4.30. The van der Waals surface area contributed by atoms with Gasteiger partial charge in [-0.2, -0.15) is 4.98 Å². The van der Waals surface area contributed by atoms with E-state index in [-0.39, 0.29) is 6.79 Å². The maximum Gasteiger partial charge on any atom is 0.258 e. The quantitative estimate of drug-likeness (QED) is 0.706. The molecule has 2 aromatic heterocycles. The first-order chi connectivity index (χ1) is 12.3. The third kappa shape index (κ3) is 2.72. The molecule has 1 atom stereocenters. The molecule has 128 valence electrons. The maximum atomic E-state index is 5.39. The number of ether oxygens (including phenoxy) is 3. The molecule has 0 radical (unpaired) electrons. The van der Waals surface area contributed by atoms with Gasteiger partial charge in [-0.1, -0.05) is 10.4 Å². The molecule has 3 aromatic rings. The topological polar surface area (TPSA) is 97.3 Å². The highest BCUT2D eigenvalue weighted by atomic mass is 16.7. The Morgan fingerprint density at radius 3 is 3.08 bits per heavy atom. The SMILES string of the molecule is c1cc2c(cc1-c1nc(Cn3cc([C@H]4CCOC4)nn3)no1)OCO2. The highest BCUT2D eigenvalue weighted by Gasteiger charge is 2.21. The van der Waals surface area contributed by atoms with E-state index in [0.717, 1.165) is 30.0 Å². The van der Waals surface area contributed by atoms with Gasteiger partial charge in [0.15, 0.2) is 17.3 Å². The molecule has 2 aliphatic rings. The molecular formula is C16H15N5O4. The van der Waals surface area contributed by atoms with Crippen LogP contribution in [0.25, 0.3) is 11.5 Å². The van der Waals surface area contributed by atoms with Gasteiger partial charge >= 0.3 is 0 Å². The molecule has 2 aliphatic heterocycles. The summed E-state index contributed by atoms with van der Waals surface area (Å²) in [7, 11) is 0. The molecule has 0 spiro atoms. The molecule has 4 heterocycles. The summed E-state index contributed by atoms with van der Waals surface area (Å²) in [6.07, 6.45) is 2.89. The minimum absolute atomic E-state index is 0.231. The fraction of sp³-hybridized carbons (Fsp3) is 0.375. The molecule has 9 nitrogen and oxygen atoms in total. The average Bonchev–Trinajstić information content (AvgIpc) is 3.41. The number of fused-ring (bicyclic) bond motifs is 1. The zero-order valence-corrected chi connectivity index (χ0v) is 13.3. The van der Waals surface area contributed by atoms with Crippen molar-refractivity contribution in [3.05, 3.63) is 35.9 Å². The first-order valence-electron chi connectivity index (χ1n) is 8.05. The van der Waals surface area contributed by atoms with Gasteiger partial charge in [0.2, 0.25) is 6.79 Å². The molecule has 25 heavy (non-hydrogen) atoms. The summed E-state index contributed by atoms with van der Waals surface area (Å²) < 4.78 is 23.1. The van der Waals surface area contributed by atoms with E-state index in [4.69, 9.17) is 18.7 Å². The van der Waals surface area contributed by atoms with Crippen LogP contribution in [0.2, 0.25) is 0 Å².